The Hall–Kier alpha value is -3.89. The van der Waals surface area contributed by atoms with Crippen molar-refractivity contribution in [2.75, 3.05) is 0 Å². The fraction of sp³-hybridized carbons (Fsp3) is 0.0417. The molecule has 1 N–H and O–H groups in total. The highest BCUT2D eigenvalue weighted by molar-refractivity contribution is 7.98. The molecule has 8 nitrogen and oxygen atoms in total. The minimum Gasteiger partial charge on any atom is -0.423 e. The van der Waals surface area contributed by atoms with Crippen LogP contribution in [0.25, 0.3) is 21.9 Å². The van der Waals surface area contributed by atoms with Crippen LogP contribution in [0.4, 0.5) is 0 Å². The molecule has 3 aromatic carbocycles. The van der Waals surface area contributed by atoms with Crippen LogP contribution in [0.3, 0.4) is 0 Å². The maximum absolute atomic E-state index is 12.5. The first-order chi connectivity index (χ1) is 16.4. The first-order valence-electron chi connectivity index (χ1n) is 10.1. The molecule has 2 heterocycles. The topological polar surface area (TPSA) is 119 Å². The van der Waals surface area contributed by atoms with Crippen LogP contribution in [0.1, 0.15) is 5.56 Å². The number of aromatic nitrogens is 2. The number of fused-ring (bicyclic) bond motifs is 2. The highest BCUT2D eigenvalue weighted by Gasteiger charge is 2.17. The smallest absolute Gasteiger partial charge is 0.339 e. The molecule has 0 fully saturated rings. The van der Waals surface area contributed by atoms with Crippen LogP contribution in [-0.4, -0.2) is 18.4 Å². The lowest BCUT2D eigenvalue weighted by atomic mass is 10.1. The average Bonchev–Trinajstić information content (AvgIpc) is 2.82. The fourth-order valence-electron chi connectivity index (χ4n) is 3.42. The Balaban J connectivity index is 1.44. The number of hydrogen-bond acceptors (Lipinski definition) is 8. The van der Waals surface area contributed by atoms with Crippen molar-refractivity contribution in [3.8, 4) is 5.75 Å². The average molecular weight is 493 g/mol. The molecule has 0 unspecified atom stereocenters. The van der Waals surface area contributed by atoms with Gasteiger partial charge in [0.2, 0.25) is 0 Å². The Labute approximate surface area is 197 Å². The standard InChI is InChI=1S/C24H16N2O6S2/c27-22-12-15(14-33-24-25-20-9-5-4-8-19(20)23(28)26-24)18-11-10-16(13-21(18)31-22)32-34(29,30)17-6-2-1-3-7-17/h1-13H,14H2,(H,25,26,28). The first kappa shape index (κ1) is 21.9. The van der Waals surface area contributed by atoms with Crippen molar-refractivity contribution >= 4 is 43.8 Å². The molecule has 170 valence electrons. The van der Waals surface area contributed by atoms with E-state index in [1.807, 2.05) is 0 Å². The summed E-state index contributed by atoms with van der Waals surface area (Å²) in [7, 11) is -4.04. The van der Waals surface area contributed by atoms with Crippen LogP contribution in [0.2, 0.25) is 0 Å². The van der Waals surface area contributed by atoms with Crippen molar-refractivity contribution < 1.29 is 17.0 Å². The Morgan fingerprint density at radius 3 is 2.50 bits per heavy atom. The largest absolute Gasteiger partial charge is 0.423 e. The number of thioether (sulfide) groups is 1. The van der Waals surface area contributed by atoms with Gasteiger partial charge in [-0.15, -0.1) is 0 Å². The monoisotopic (exact) mass is 492 g/mol. The number of nitrogens with zero attached hydrogens (tertiary/aromatic N) is 1. The van der Waals surface area contributed by atoms with Gasteiger partial charge in [0.15, 0.2) is 5.16 Å². The van der Waals surface area contributed by atoms with E-state index in [0.29, 0.717) is 32.8 Å². The molecule has 0 aliphatic carbocycles. The van der Waals surface area contributed by atoms with Gasteiger partial charge in [-0.25, -0.2) is 9.78 Å². The highest BCUT2D eigenvalue weighted by Crippen LogP contribution is 2.28. The molecule has 0 amide bonds. The third-order valence-electron chi connectivity index (χ3n) is 5.00. The second-order valence-electron chi connectivity index (χ2n) is 7.28. The molecule has 0 bridgehead atoms. The van der Waals surface area contributed by atoms with Crippen LogP contribution in [0.5, 0.6) is 5.75 Å². The molecule has 0 spiro atoms. The second kappa shape index (κ2) is 8.81. The second-order valence-corrected chi connectivity index (χ2v) is 9.79. The lowest BCUT2D eigenvalue weighted by Gasteiger charge is -2.09. The predicted octanol–water partition coefficient (Wildman–Crippen LogP) is 4.09. The molecule has 34 heavy (non-hydrogen) atoms. The van der Waals surface area contributed by atoms with Crippen molar-refractivity contribution in [3.63, 3.8) is 0 Å². The molecule has 0 saturated heterocycles. The first-order valence-corrected chi connectivity index (χ1v) is 12.5. The van der Waals surface area contributed by atoms with Crippen molar-refractivity contribution in [1.29, 1.82) is 0 Å². The van der Waals surface area contributed by atoms with Gasteiger partial charge in [-0.05, 0) is 42.0 Å². The van der Waals surface area contributed by atoms with E-state index in [0.717, 1.165) is 0 Å². The van der Waals surface area contributed by atoms with Crippen molar-refractivity contribution in [1.82, 2.24) is 9.97 Å². The molecule has 0 saturated carbocycles. The number of benzene rings is 3. The van der Waals surface area contributed by atoms with Gasteiger partial charge in [-0.1, -0.05) is 42.1 Å². The molecule has 2 aromatic heterocycles. The minimum absolute atomic E-state index is 0.0126. The van der Waals surface area contributed by atoms with Gasteiger partial charge in [0.05, 0.1) is 10.9 Å². The summed E-state index contributed by atoms with van der Waals surface area (Å²) in [5, 5.41) is 1.52. The fourth-order valence-corrected chi connectivity index (χ4v) is 5.23. The maximum Gasteiger partial charge on any atom is 0.339 e. The summed E-state index contributed by atoms with van der Waals surface area (Å²) in [6.45, 7) is 0. The SMILES string of the molecule is O=c1cc(CSc2nc3ccccc3c(=O)[nH]2)c2ccc(OS(=O)(=O)c3ccccc3)cc2o1. The summed E-state index contributed by atoms with van der Waals surface area (Å²) in [5.74, 6) is 0.344. The molecular formula is C24H16N2O6S2. The Kier molecular flexibility index (Phi) is 5.68. The van der Waals surface area contributed by atoms with Crippen molar-refractivity contribution in [2.45, 2.75) is 15.8 Å². The minimum atomic E-state index is -4.04. The molecule has 0 aliphatic rings. The van der Waals surface area contributed by atoms with Gasteiger partial charge in [-0.3, -0.25) is 4.79 Å². The van der Waals surface area contributed by atoms with E-state index >= 15 is 0 Å². The number of para-hydroxylation sites is 1. The number of hydrogen-bond donors (Lipinski definition) is 1. The highest BCUT2D eigenvalue weighted by atomic mass is 32.2. The van der Waals surface area contributed by atoms with E-state index in [1.54, 1.807) is 48.5 Å². The normalized spacial score (nSPS) is 11.6. The van der Waals surface area contributed by atoms with E-state index in [4.69, 9.17) is 8.60 Å². The third-order valence-corrected chi connectivity index (χ3v) is 7.18. The van der Waals surface area contributed by atoms with E-state index in [2.05, 4.69) is 9.97 Å². The molecule has 5 aromatic rings. The van der Waals surface area contributed by atoms with Crippen LogP contribution < -0.4 is 15.4 Å². The molecule has 0 atom stereocenters. The van der Waals surface area contributed by atoms with Gasteiger partial charge >= 0.3 is 15.7 Å². The van der Waals surface area contributed by atoms with Crippen LogP contribution in [-0.2, 0) is 15.9 Å². The summed E-state index contributed by atoms with van der Waals surface area (Å²) < 4.78 is 35.5. The summed E-state index contributed by atoms with van der Waals surface area (Å²) in [5.41, 5.74) is 0.569. The Morgan fingerprint density at radius 2 is 1.68 bits per heavy atom. The number of aromatic amines is 1. The molecule has 0 aliphatic heterocycles. The van der Waals surface area contributed by atoms with Crippen LogP contribution in [0, 0.1) is 0 Å². The van der Waals surface area contributed by atoms with E-state index in [9.17, 15) is 18.0 Å². The van der Waals surface area contributed by atoms with Gasteiger partial charge < -0.3 is 13.6 Å². The maximum atomic E-state index is 12.5. The van der Waals surface area contributed by atoms with E-state index in [1.165, 1.54) is 42.1 Å². The third kappa shape index (κ3) is 4.45. The van der Waals surface area contributed by atoms with Crippen LogP contribution >= 0.6 is 11.8 Å². The molecule has 5 rings (SSSR count). The zero-order valence-electron chi connectivity index (χ0n) is 17.4. The zero-order valence-corrected chi connectivity index (χ0v) is 19.1. The van der Waals surface area contributed by atoms with Crippen molar-refractivity contribution in [3.05, 3.63) is 105 Å². The lowest BCUT2D eigenvalue weighted by Crippen LogP contribution is -2.10. The molecular weight excluding hydrogens is 476 g/mol. The summed E-state index contributed by atoms with van der Waals surface area (Å²) in [6, 6.07) is 20.6. The Morgan fingerprint density at radius 1 is 0.912 bits per heavy atom. The zero-order chi connectivity index (χ0) is 23.7. The van der Waals surface area contributed by atoms with Gasteiger partial charge in [0.25, 0.3) is 5.56 Å². The summed E-state index contributed by atoms with van der Waals surface area (Å²) >= 11 is 1.26. The van der Waals surface area contributed by atoms with E-state index in [-0.39, 0.29) is 21.8 Å². The molecule has 0 radical (unpaired) electrons. The lowest BCUT2D eigenvalue weighted by molar-refractivity contribution is 0.485. The predicted molar refractivity (Wildman–Crippen MR) is 129 cm³/mol. The van der Waals surface area contributed by atoms with Gasteiger partial charge in [0, 0.05) is 23.3 Å². The quantitative estimate of drug-likeness (QED) is 0.163. The van der Waals surface area contributed by atoms with Crippen LogP contribution in [0.15, 0.2) is 103 Å². The molecule has 10 heteroatoms. The number of H-pyrrole nitrogens is 1. The van der Waals surface area contributed by atoms with Gasteiger partial charge in [-0.2, -0.15) is 8.42 Å². The number of nitrogens with one attached hydrogen (secondary N) is 1. The van der Waals surface area contributed by atoms with Gasteiger partial charge in [0.1, 0.15) is 16.2 Å². The number of rotatable bonds is 6. The van der Waals surface area contributed by atoms with Crippen molar-refractivity contribution in [2.24, 2.45) is 0 Å². The Bertz CT molecular complexity index is 1750. The summed E-state index contributed by atoms with van der Waals surface area (Å²) in [4.78, 5) is 31.7. The summed E-state index contributed by atoms with van der Waals surface area (Å²) in [6.07, 6.45) is 0. The van der Waals surface area contributed by atoms with E-state index < -0.39 is 15.7 Å².